The van der Waals surface area contributed by atoms with Crippen LogP contribution in [0.25, 0.3) is 0 Å². The minimum absolute atomic E-state index is 0. The Balaban J connectivity index is 0. The predicted molar refractivity (Wildman–Crippen MR) is 97.6 cm³/mol. The average Bonchev–Trinajstić information content (AvgIpc) is 2.43. The van der Waals surface area contributed by atoms with Gasteiger partial charge in [0.2, 0.25) is 5.24 Å². The van der Waals surface area contributed by atoms with E-state index < -0.39 is 0 Å². The molecule has 0 atom stereocenters. The zero-order valence-electron chi connectivity index (χ0n) is 13.7. The molecule has 126 valence electrons. The lowest BCUT2D eigenvalue weighted by Gasteiger charge is -1.99. The summed E-state index contributed by atoms with van der Waals surface area (Å²) in [4.78, 5) is 10.5. The average molecular weight is 337 g/mol. The van der Waals surface area contributed by atoms with Crippen molar-refractivity contribution in [2.45, 2.75) is 96.8 Å². The molecule has 0 saturated heterocycles. The molecule has 0 fully saturated rings. The van der Waals surface area contributed by atoms with Gasteiger partial charge in [0, 0.05) is 6.42 Å². The molecule has 1 nitrogen and oxygen atoms in total. The summed E-state index contributed by atoms with van der Waals surface area (Å²) in [6.07, 6.45) is 21.9. The Morgan fingerprint density at radius 1 is 0.762 bits per heavy atom. The van der Waals surface area contributed by atoms with Crippen LogP contribution in [0.15, 0.2) is 12.2 Å². The SMILES string of the molecule is CCCCCCCCC=CCCCCCCCC(=O)Cl.Cl. The molecule has 0 spiro atoms. The van der Waals surface area contributed by atoms with Gasteiger partial charge in [-0.15, -0.1) is 12.4 Å². The second-order valence-electron chi connectivity index (χ2n) is 5.69. The lowest BCUT2D eigenvalue weighted by Crippen LogP contribution is -1.86. The molecule has 3 heteroatoms. The summed E-state index contributed by atoms with van der Waals surface area (Å²) >= 11 is 5.29. The summed E-state index contributed by atoms with van der Waals surface area (Å²) in [5.41, 5.74) is 0. The smallest absolute Gasteiger partial charge is 0.221 e. The molecule has 0 radical (unpaired) electrons. The fourth-order valence-electron chi connectivity index (χ4n) is 2.33. The van der Waals surface area contributed by atoms with E-state index in [1.54, 1.807) is 0 Å². The molecule has 0 aliphatic carbocycles. The summed E-state index contributed by atoms with van der Waals surface area (Å²) in [6.45, 7) is 2.26. The van der Waals surface area contributed by atoms with E-state index in [0.29, 0.717) is 6.42 Å². The Bertz CT molecular complexity index is 239. The third kappa shape index (κ3) is 22.4. The van der Waals surface area contributed by atoms with Crippen LogP contribution in [0.2, 0.25) is 0 Å². The van der Waals surface area contributed by atoms with Gasteiger partial charge in [-0.2, -0.15) is 0 Å². The first-order chi connectivity index (χ1) is 9.77. The van der Waals surface area contributed by atoms with E-state index >= 15 is 0 Å². The molecule has 0 aromatic carbocycles. The van der Waals surface area contributed by atoms with Crippen LogP contribution < -0.4 is 0 Å². The van der Waals surface area contributed by atoms with Crippen LogP contribution in [0.4, 0.5) is 0 Å². The second-order valence-corrected chi connectivity index (χ2v) is 6.11. The van der Waals surface area contributed by atoms with Gasteiger partial charge in [0.15, 0.2) is 0 Å². The molecule has 0 saturated carbocycles. The minimum Gasteiger partial charge on any atom is -0.281 e. The van der Waals surface area contributed by atoms with E-state index in [1.807, 2.05) is 0 Å². The lowest BCUT2D eigenvalue weighted by atomic mass is 10.1. The summed E-state index contributed by atoms with van der Waals surface area (Å²) in [5.74, 6) is 0. The van der Waals surface area contributed by atoms with Crippen LogP contribution in [0, 0.1) is 0 Å². The summed E-state index contributed by atoms with van der Waals surface area (Å²) in [7, 11) is 0. The highest BCUT2D eigenvalue weighted by Crippen LogP contribution is 2.10. The van der Waals surface area contributed by atoms with Crippen LogP contribution in [-0.2, 0) is 4.79 Å². The Kier molecular flexibility index (Phi) is 22.1. The molecule has 21 heavy (non-hydrogen) atoms. The predicted octanol–water partition coefficient (Wildman–Crippen LogP) is 7.21. The van der Waals surface area contributed by atoms with Crippen molar-refractivity contribution in [1.82, 2.24) is 0 Å². The molecule has 0 amide bonds. The van der Waals surface area contributed by atoms with Crippen LogP contribution in [0.5, 0.6) is 0 Å². The van der Waals surface area contributed by atoms with Crippen molar-refractivity contribution in [1.29, 1.82) is 0 Å². The molecule has 0 aromatic heterocycles. The molecule has 0 N–H and O–H groups in total. The zero-order chi connectivity index (χ0) is 14.9. The maximum atomic E-state index is 10.5. The highest BCUT2D eigenvalue weighted by atomic mass is 35.5. The topological polar surface area (TPSA) is 17.1 Å². The van der Waals surface area contributed by atoms with E-state index in [-0.39, 0.29) is 17.6 Å². The van der Waals surface area contributed by atoms with Gasteiger partial charge in [0.05, 0.1) is 0 Å². The van der Waals surface area contributed by atoms with E-state index in [4.69, 9.17) is 11.6 Å². The molecular formula is C18H34Cl2O. The number of hydrogen-bond acceptors (Lipinski definition) is 1. The van der Waals surface area contributed by atoms with Crippen molar-refractivity contribution in [3.8, 4) is 0 Å². The van der Waals surface area contributed by atoms with Crippen LogP contribution >= 0.6 is 24.0 Å². The van der Waals surface area contributed by atoms with Gasteiger partial charge in [-0.25, -0.2) is 0 Å². The van der Waals surface area contributed by atoms with Crippen molar-refractivity contribution in [2.24, 2.45) is 0 Å². The Hall–Kier alpha value is -0.0100. The number of allylic oxidation sites excluding steroid dienone is 2. The molecule has 0 bridgehead atoms. The van der Waals surface area contributed by atoms with Gasteiger partial charge in [0.1, 0.15) is 0 Å². The first-order valence-electron chi connectivity index (χ1n) is 8.60. The van der Waals surface area contributed by atoms with Gasteiger partial charge >= 0.3 is 0 Å². The van der Waals surface area contributed by atoms with Gasteiger partial charge < -0.3 is 0 Å². The first kappa shape index (κ1) is 23.3. The lowest BCUT2D eigenvalue weighted by molar-refractivity contribution is -0.111. The molecule has 0 rings (SSSR count). The van der Waals surface area contributed by atoms with Gasteiger partial charge in [-0.05, 0) is 43.7 Å². The largest absolute Gasteiger partial charge is 0.281 e. The van der Waals surface area contributed by atoms with Crippen LogP contribution in [0.3, 0.4) is 0 Å². The minimum atomic E-state index is -0.192. The van der Waals surface area contributed by atoms with E-state index in [2.05, 4.69) is 19.1 Å². The van der Waals surface area contributed by atoms with E-state index in [0.717, 1.165) is 12.8 Å². The highest BCUT2D eigenvalue weighted by molar-refractivity contribution is 6.63. The number of rotatable bonds is 15. The Morgan fingerprint density at radius 2 is 1.19 bits per heavy atom. The normalized spacial score (nSPS) is 10.8. The van der Waals surface area contributed by atoms with Crippen molar-refractivity contribution < 1.29 is 4.79 Å². The molecule has 0 aliphatic rings. The van der Waals surface area contributed by atoms with Crippen LogP contribution in [0.1, 0.15) is 96.8 Å². The number of hydrogen-bond donors (Lipinski definition) is 0. The Labute approximate surface area is 143 Å². The van der Waals surface area contributed by atoms with Crippen molar-refractivity contribution in [3.05, 3.63) is 12.2 Å². The Morgan fingerprint density at radius 3 is 1.67 bits per heavy atom. The number of unbranched alkanes of at least 4 members (excludes halogenated alkanes) is 11. The number of halogens is 2. The quantitative estimate of drug-likeness (QED) is 0.175. The van der Waals surface area contributed by atoms with Crippen molar-refractivity contribution >= 4 is 29.3 Å². The van der Waals surface area contributed by atoms with Crippen LogP contribution in [-0.4, -0.2) is 5.24 Å². The fraction of sp³-hybridized carbons (Fsp3) is 0.833. The second kappa shape index (κ2) is 20.0. The van der Waals surface area contributed by atoms with Gasteiger partial charge in [-0.1, -0.05) is 70.4 Å². The molecule has 0 unspecified atom stereocenters. The zero-order valence-corrected chi connectivity index (χ0v) is 15.3. The molecule has 0 heterocycles. The monoisotopic (exact) mass is 336 g/mol. The maximum Gasteiger partial charge on any atom is 0.221 e. The van der Waals surface area contributed by atoms with Gasteiger partial charge in [0.25, 0.3) is 0 Å². The maximum absolute atomic E-state index is 10.5. The van der Waals surface area contributed by atoms with Crippen molar-refractivity contribution in [3.63, 3.8) is 0 Å². The third-order valence-electron chi connectivity index (χ3n) is 3.64. The summed E-state index contributed by atoms with van der Waals surface area (Å²) in [6, 6.07) is 0. The first-order valence-corrected chi connectivity index (χ1v) is 8.98. The summed E-state index contributed by atoms with van der Waals surface area (Å²) in [5, 5.41) is -0.192. The third-order valence-corrected chi connectivity index (χ3v) is 3.82. The molecular weight excluding hydrogens is 303 g/mol. The molecule has 0 aromatic rings. The van der Waals surface area contributed by atoms with E-state index in [9.17, 15) is 4.79 Å². The number of carbonyl (C=O) groups excluding carboxylic acids is 1. The number of carbonyl (C=O) groups is 1. The fourth-order valence-corrected chi connectivity index (χ4v) is 2.47. The highest BCUT2D eigenvalue weighted by Gasteiger charge is 1.95. The summed E-state index contributed by atoms with van der Waals surface area (Å²) < 4.78 is 0. The van der Waals surface area contributed by atoms with Gasteiger partial charge in [-0.3, -0.25) is 4.79 Å². The molecule has 0 aliphatic heterocycles. The standard InChI is InChI=1S/C18H33ClO.ClH/c1-2-3-4-5-6-7-8-9-10-11-12-13-14-15-16-17-18(19)20;/h9-10H,2-8,11-17H2,1H3;1H. The van der Waals surface area contributed by atoms with E-state index in [1.165, 1.54) is 70.6 Å². The van der Waals surface area contributed by atoms with Crippen molar-refractivity contribution in [2.75, 3.05) is 0 Å².